The fraction of sp³-hybridized carbons (Fsp3) is 0.909. The van der Waals surface area contributed by atoms with Crippen LogP contribution in [0.2, 0.25) is 0 Å². The van der Waals surface area contributed by atoms with Gasteiger partial charge in [-0.05, 0) is 19.8 Å². The maximum Gasteiger partial charge on any atom is 0.224 e. The van der Waals surface area contributed by atoms with Crippen molar-refractivity contribution < 1.29 is 4.79 Å². The quantitative estimate of drug-likeness (QED) is 0.747. The maximum absolute atomic E-state index is 11.7. The second-order valence-electron chi connectivity index (χ2n) is 4.51. The molecule has 82 valence electrons. The van der Waals surface area contributed by atoms with Crippen molar-refractivity contribution in [2.24, 2.45) is 5.73 Å². The number of carbonyl (C=O) groups excluding carboxylic acids is 1. The van der Waals surface area contributed by atoms with Gasteiger partial charge < -0.3 is 10.6 Å². The van der Waals surface area contributed by atoms with Crippen molar-refractivity contribution >= 4 is 5.91 Å². The van der Waals surface area contributed by atoms with Crippen LogP contribution in [0.1, 0.15) is 45.4 Å². The zero-order chi connectivity index (χ0) is 10.6. The molecule has 1 aliphatic rings. The van der Waals surface area contributed by atoms with E-state index in [0.29, 0.717) is 6.42 Å². The van der Waals surface area contributed by atoms with Gasteiger partial charge in [-0.1, -0.05) is 19.3 Å². The van der Waals surface area contributed by atoms with E-state index in [2.05, 4.69) is 0 Å². The van der Waals surface area contributed by atoms with Crippen molar-refractivity contribution in [1.29, 1.82) is 0 Å². The molecule has 0 bridgehead atoms. The number of hydrogen-bond donors (Lipinski definition) is 1. The summed E-state index contributed by atoms with van der Waals surface area (Å²) in [6.07, 6.45) is 6.18. The lowest BCUT2D eigenvalue weighted by molar-refractivity contribution is -0.131. The van der Waals surface area contributed by atoms with E-state index in [0.717, 1.165) is 19.4 Å². The standard InChI is InChI=1S/C11H22N2O/c1-3-13(2)10(14)9-11(12)7-5-4-6-8-11/h3-9,12H2,1-2H3. The summed E-state index contributed by atoms with van der Waals surface area (Å²) < 4.78 is 0. The van der Waals surface area contributed by atoms with Gasteiger partial charge in [-0.2, -0.15) is 0 Å². The highest BCUT2D eigenvalue weighted by Crippen LogP contribution is 2.28. The van der Waals surface area contributed by atoms with Crippen LogP contribution in [0.15, 0.2) is 0 Å². The number of nitrogens with zero attached hydrogens (tertiary/aromatic N) is 1. The van der Waals surface area contributed by atoms with E-state index >= 15 is 0 Å². The number of carbonyl (C=O) groups is 1. The van der Waals surface area contributed by atoms with Crippen LogP contribution < -0.4 is 5.73 Å². The van der Waals surface area contributed by atoms with Crippen LogP contribution in [0, 0.1) is 0 Å². The van der Waals surface area contributed by atoms with E-state index in [1.807, 2.05) is 14.0 Å². The maximum atomic E-state index is 11.7. The molecule has 0 radical (unpaired) electrons. The molecule has 2 N–H and O–H groups in total. The molecule has 0 atom stereocenters. The molecule has 14 heavy (non-hydrogen) atoms. The predicted octanol–water partition coefficient (Wildman–Crippen LogP) is 1.52. The summed E-state index contributed by atoms with van der Waals surface area (Å²) in [5.74, 6) is 0.192. The molecule has 0 aromatic carbocycles. The van der Waals surface area contributed by atoms with Gasteiger partial charge in [-0.15, -0.1) is 0 Å². The molecule has 0 aromatic heterocycles. The topological polar surface area (TPSA) is 46.3 Å². The first kappa shape index (κ1) is 11.5. The molecule has 0 aromatic rings. The summed E-state index contributed by atoms with van der Waals surface area (Å²) in [6.45, 7) is 2.76. The van der Waals surface area contributed by atoms with E-state index in [9.17, 15) is 4.79 Å². The summed E-state index contributed by atoms with van der Waals surface area (Å²) in [5.41, 5.74) is 6.00. The summed E-state index contributed by atoms with van der Waals surface area (Å²) in [5, 5.41) is 0. The van der Waals surface area contributed by atoms with E-state index in [4.69, 9.17) is 5.73 Å². The van der Waals surface area contributed by atoms with Crippen LogP contribution in [-0.4, -0.2) is 29.9 Å². The van der Waals surface area contributed by atoms with Crippen LogP contribution in [-0.2, 0) is 4.79 Å². The van der Waals surface area contributed by atoms with Crippen LogP contribution in [0.4, 0.5) is 0 Å². The van der Waals surface area contributed by atoms with Crippen LogP contribution >= 0.6 is 0 Å². The normalized spacial score (nSPS) is 20.5. The summed E-state index contributed by atoms with van der Waals surface area (Å²) in [6, 6.07) is 0. The van der Waals surface area contributed by atoms with Crippen LogP contribution in [0.25, 0.3) is 0 Å². The fourth-order valence-electron chi connectivity index (χ4n) is 2.05. The minimum atomic E-state index is -0.210. The molecular weight excluding hydrogens is 176 g/mol. The molecule has 1 saturated carbocycles. The Morgan fingerprint density at radius 2 is 1.93 bits per heavy atom. The van der Waals surface area contributed by atoms with E-state index < -0.39 is 0 Å². The third-order valence-electron chi connectivity index (χ3n) is 3.25. The third kappa shape index (κ3) is 2.98. The predicted molar refractivity (Wildman–Crippen MR) is 57.9 cm³/mol. The van der Waals surface area contributed by atoms with Gasteiger partial charge in [0.05, 0.1) is 0 Å². The van der Waals surface area contributed by atoms with Gasteiger partial charge in [0, 0.05) is 25.6 Å². The number of rotatable bonds is 3. The van der Waals surface area contributed by atoms with Crippen molar-refractivity contribution in [2.75, 3.05) is 13.6 Å². The first-order valence-corrected chi connectivity index (χ1v) is 5.60. The zero-order valence-electron chi connectivity index (χ0n) is 9.38. The number of amides is 1. The summed E-state index contributed by atoms with van der Waals surface area (Å²) in [4.78, 5) is 13.4. The highest BCUT2D eigenvalue weighted by atomic mass is 16.2. The average molecular weight is 198 g/mol. The largest absolute Gasteiger partial charge is 0.346 e. The lowest BCUT2D eigenvalue weighted by Gasteiger charge is -2.34. The van der Waals surface area contributed by atoms with E-state index in [1.54, 1.807) is 4.90 Å². The monoisotopic (exact) mass is 198 g/mol. The first-order chi connectivity index (χ1) is 6.57. The van der Waals surface area contributed by atoms with Crippen molar-refractivity contribution in [3.8, 4) is 0 Å². The minimum Gasteiger partial charge on any atom is -0.346 e. The molecule has 3 heteroatoms. The van der Waals surface area contributed by atoms with Gasteiger partial charge in [-0.25, -0.2) is 0 Å². The fourth-order valence-corrected chi connectivity index (χ4v) is 2.05. The van der Waals surface area contributed by atoms with Crippen molar-refractivity contribution in [3.05, 3.63) is 0 Å². The number of nitrogens with two attached hydrogens (primary N) is 1. The molecular formula is C11H22N2O. The Balaban J connectivity index is 2.44. The van der Waals surface area contributed by atoms with E-state index in [1.165, 1.54) is 19.3 Å². The van der Waals surface area contributed by atoms with Gasteiger partial charge in [0.2, 0.25) is 5.91 Å². The first-order valence-electron chi connectivity index (χ1n) is 5.60. The Hall–Kier alpha value is -0.570. The van der Waals surface area contributed by atoms with Gasteiger partial charge >= 0.3 is 0 Å². The molecule has 1 rings (SSSR count). The molecule has 0 saturated heterocycles. The second kappa shape index (κ2) is 4.78. The summed E-state index contributed by atoms with van der Waals surface area (Å²) >= 11 is 0. The molecule has 1 aliphatic carbocycles. The SMILES string of the molecule is CCN(C)C(=O)CC1(N)CCCCC1. The smallest absolute Gasteiger partial charge is 0.224 e. The van der Waals surface area contributed by atoms with Crippen LogP contribution in [0.5, 0.6) is 0 Å². The average Bonchev–Trinajstić information content (AvgIpc) is 2.17. The summed E-state index contributed by atoms with van der Waals surface area (Å²) in [7, 11) is 1.84. The molecule has 1 fully saturated rings. The van der Waals surface area contributed by atoms with Crippen molar-refractivity contribution in [2.45, 2.75) is 51.0 Å². The lowest BCUT2D eigenvalue weighted by Crippen LogP contribution is -2.46. The Morgan fingerprint density at radius 1 is 1.36 bits per heavy atom. The minimum absolute atomic E-state index is 0.192. The molecule has 0 heterocycles. The Morgan fingerprint density at radius 3 is 2.43 bits per heavy atom. The van der Waals surface area contributed by atoms with Crippen molar-refractivity contribution in [3.63, 3.8) is 0 Å². The Kier molecular flexibility index (Phi) is 3.93. The zero-order valence-corrected chi connectivity index (χ0v) is 9.38. The Bertz CT molecular complexity index is 197. The van der Waals surface area contributed by atoms with Gasteiger partial charge in [0.25, 0.3) is 0 Å². The van der Waals surface area contributed by atoms with Gasteiger partial charge in [0.1, 0.15) is 0 Å². The molecule has 0 unspecified atom stereocenters. The molecule has 3 nitrogen and oxygen atoms in total. The van der Waals surface area contributed by atoms with E-state index in [-0.39, 0.29) is 11.4 Å². The van der Waals surface area contributed by atoms with Gasteiger partial charge in [0.15, 0.2) is 0 Å². The lowest BCUT2D eigenvalue weighted by atomic mass is 9.80. The molecule has 0 aliphatic heterocycles. The Labute approximate surface area is 86.6 Å². The molecule has 0 spiro atoms. The van der Waals surface area contributed by atoms with Gasteiger partial charge in [-0.3, -0.25) is 4.79 Å². The van der Waals surface area contributed by atoms with Crippen LogP contribution in [0.3, 0.4) is 0 Å². The number of hydrogen-bond acceptors (Lipinski definition) is 2. The second-order valence-corrected chi connectivity index (χ2v) is 4.51. The third-order valence-corrected chi connectivity index (χ3v) is 3.25. The molecule has 1 amide bonds. The highest BCUT2D eigenvalue weighted by molar-refractivity contribution is 5.77. The highest BCUT2D eigenvalue weighted by Gasteiger charge is 2.30. The van der Waals surface area contributed by atoms with Crippen molar-refractivity contribution in [1.82, 2.24) is 4.90 Å².